The Labute approximate surface area is 174 Å². The van der Waals surface area contributed by atoms with Gasteiger partial charge in [0.25, 0.3) is 0 Å². The molecule has 2 atom stereocenters. The zero-order valence-electron chi connectivity index (χ0n) is 16.6. The fraction of sp³-hybridized carbons (Fsp3) is 0.571. The van der Waals surface area contributed by atoms with E-state index in [0.29, 0.717) is 25.9 Å². The number of nitrogens with zero attached hydrogens (tertiary/aromatic N) is 2. The zero-order chi connectivity index (χ0) is 20.5. The fourth-order valence-electron chi connectivity index (χ4n) is 3.83. The molecule has 7 heteroatoms. The number of hydrogen-bond donors (Lipinski definition) is 0. The number of para-hydroxylation sites is 1. The molecule has 6 nitrogen and oxygen atoms in total. The SMILES string of the molecule is CC(C)(C)OC(=O)C1CCCCN1C(=O)C1CCN(c2ccccc2Br)C1=O. The molecule has 0 aromatic heterocycles. The first-order valence-electron chi connectivity index (χ1n) is 9.78. The van der Waals surface area contributed by atoms with Gasteiger partial charge in [-0.05, 0) is 74.5 Å². The molecule has 0 bridgehead atoms. The second-order valence-corrected chi connectivity index (χ2v) is 9.21. The summed E-state index contributed by atoms with van der Waals surface area (Å²) in [6.07, 6.45) is 2.74. The van der Waals surface area contributed by atoms with Gasteiger partial charge in [-0.1, -0.05) is 12.1 Å². The van der Waals surface area contributed by atoms with Gasteiger partial charge in [-0.15, -0.1) is 0 Å². The third-order valence-corrected chi connectivity index (χ3v) is 5.78. The lowest BCUT2D eigenvalue weighted by Gasteiger charge is -2.36. The smallest absolute Gasteiger partial charge is 0.329 e. The number of ether oxygens (including phenoxy) is 1. The molecule has 2 aliphatic heterocycles. The predicted molar refractivity (Wildman–Crippen MR) is 110 cm³/mol. The van der Waals surface area contributed by atoms with Gasteiger partial charge < -0.3 is 14.5 Å². The molecule has 28 heavy (non-hydrogen) atoms. The second kappa shape index (κ2) is 8.23. The molecule has 152 valence electrons. The van der Waals surface area contributed by atoms with Crippen molar-refractivity contribution in [3.05, 3.63) is 28.7 Å². The van der Waals surface area contributed by atoms with Gasteiger partial charge in [0.05, 0.1) is 5.69 Å². The second-order valence-electron chi connectivity index (χ2n) is 8.36. The highest BCUT2D eigenvalue weighted by Gasteiger charge is 2.44. The number of piperidine rings is 1. The van der Waals surface area contributed by atoms with Crippen molar-refractivity contribution in [1.29, 1.82) is 0 Å². The number of esters is 1. The Bertz CT molecular complexity index is 774. The van der Waals surface area contributed by atoms with Gasteiger partial charge in [-0.2, -0.15) is 0 Å². The zero-order valence-corrected chi connectivity index (χ0v) is 18.2. The molecule has 0 aliphatic carbocycles. The maximum absolute atomic E-state index is 13.2. The molecule has 3 rings (SSSR count). The van der Waals surface area contributed by atoms with E-state index in [2.05, 4.69) is 15.9 Å². The molecule has 0 spiro atoms. The molecule has 1 aromatic carbocycles. The van der Waals surface area contributed by atoms with Crippen LogP contribution in [0, 0.1) is 5.92 Å². The first-order chi connectivity index (χ1) is 13.2. The molecule has 0 saturated carbocycles. The molecule has 2 saturated heterocycles. The number of rotatable bonds is 3. The summed E-state index contributed by atoms with van der Waals surface area (Å²) < 4.78 is 6.34. The minimum absolute atomic E-state index is 0.203. The largest absolute Gasteiger partial charge is 0.458 e. The normalized spacial score (nSPS) is 23.1. The van der Waals surface area contributed by atoms with Crippen molar-refractivity contribution in [3.8, 4) is 0 Å². The highest BCUT2D eigenvalue weighted by Crippen LogP contribution is 2.33. The van der Waals surface area contributed by atoms with Crippen LogP contribution in [-0.2, 0) is 19.1 Å². The Kier molecular flexibility index (Phi) is 6.12. The molecule has 2 unspecified atom stereocenters. The van der Waals surface area contributed by atoms with Crippen LogP contribution in [0.25, 0.3) is 0 Å². The van der Waals surface area contributed by atoms with Gasteiger partial charge in [0.15, 0.2) is 0 Å². The first kappa shape index (κ1) is 20.8. The van der Waals surface area contributed by atoms with Crippen LogP contribution in [0.15, 0.2) is 28.7 Å². The van der Waals surface area contributed by atoms with Gasteiger partial charge in [-0.25, -0.2) is 4.79 Å². The lowest BCUT2D eigenvalue weighted by Crippen LogP contribution is -2.52. The summed E-state index contributed by atoms with van der Waals surface area (Å²) in [7, 11) is 0. The van der Waals surface area contributed by atoms with Crippen LogP contribution in [0.3, 0.4) is 0 Å². The lowest BCUT2D eigenvalue weighted by molar-refractivity contribution is -0.167. The molecule has 0 N–H and O–H groups in total. The summed E-state index contributed by atoms with van der Waals surface area (Å²) in [6.45, 7) is 6.42. The number of likely N-dealkylation sites (tertiary alicyclic amines) is 1. The number of hydrogen-bond acceptors (Lipinski definition) is 4. The van der Waals surface area contributed by atoms with Crippen LogP contribution in [0.1, 0.15) is 46.5 Å². The van der Waals surface area contributed by atoms with Crippen molar-refractivity contribution in [2.75, 3.05) is 18.0 Å². The Balaban J connectivity index is 1.76. The van der Waals surface area contributed by atoms with Crippen molar-refractivity contribution in [2.24, 2.45) is 5.92 Å². The molecular weight excluding hydrogens is 424 g/mol. The molecule has 0 radical (unpaired) electrons. The summed E-state index contributed by atoms with van der Waals surface area (Å²) in [5, 5.41) is 0. The minimum Gasteiger partial charge on any atom is -0.458 e. The molecular formula is C21H27BrN2O4. The van der Waals surface area contributed by atoms with Crippen molar-refractivity contribution in [3.63, 3.8) is 0 Å². The van der Waals surface area contributed by atoms with E-state index < -0.39 is 17.6 Å². The fourth-order valence-corrected chi connectivity index (χ4v) is 4.33. The summed E-state index contributed by atoms with van der Waals surface area (Å²) in [6, 6.07) is 6.88. The summed E-state index contributed by atoms with van der Waals surface area (Å²) >= 11 is 3.47. The molecule has 2 fully saturated rings. The van der Waals surface area contributed by atoms with Gasteiger partial charge in [0.1, 0.15) is 17.6 Å². The number of halogens is 1. The average molecular weight is 451 g/mol. The van der Waals surface area contributed by atoms with Crippen LogP contribution >= 0.6 is 15.9 Å². The van der Waals surface area contributed by atoms with E-state index in [-0.39, 0.29) is 17.8 Å². The lowest BCUT2D eigenvalue weighted by atomic mass is 9.98. The third-order valence-electron chi connectivity index (χ3n) is 5.11. The van der Waals surface area contributed by atoms with Crippen LogP contribution in [0.4, 0.5) is 5.69 Å². The van der Waals surface area contributed by atoms with Crippen LogP contribution in [0.5, 0.6) is 0 Å². The van der Waals surface area contributed by atoms with Crippen molar-refractivity contribution in [1.82, 2.24) is 4.90 Å². The summed E-state index contributed by atoms with van der Waals surface area (Å²) in [5.41, 5.74) is 0.160. The van der Waals surface area contributed by atoms with E-state index in [9.17, 15) is 14.4 Å². The molecule has 2 aliphatic rings. The highest BCUT2D eigenvalue weighted by molar-refractivity contribution is 9.10. The third kappa shape index (κ3) is 4.40. The van der Waals surface area contributed by atoms with Crippen molar-refractivity contribution >= 4 is 39.4 Å². The Morgan fingerprint density at radius 1 is 1.11 bits per heavy atom. The first-order valence-corrected chi connectivity index (χ1v) is 10.6. The predicted octanol–water partition coefficient (Wildman–Crippen LogP) is 3.52. The van der Waals surface area contributed by atoms with E-state index in [1.54, 1.807) is 9.80 Å². The van der Waals surface area contributed by atoms with Crippen molar-refractivity contribution < 1.29 is 19.1 Å². The summed E-state index contributed by atoms with van der Waals surface area (Å²) in [5.74, 6) is -1.58. The molecule has 1 aromatic rings. The van der Waals surface area contributed by atoms with E-state index in [4.69, 9.17) is 4.74 Å². The Morgan fingerprint density at radius 2 is 1.82 bits per heavy atom. The van der Waals surface area contributed by atoms with Crippen LogP contribution < -0.4 is 4.90 Å². The number of amides is 2. The summed E-state index contributed by atoms with van der Waals surface area (Å²) in [4.78, 5) is 42.1. The van der Waals surface area contributed by atoms with Crippen LogP contribution in [-0.4, -0.2) is 47.4 Å². The molecule has 2 amide bonds. The number of benzene rings is 1. The van der Waals surface area contributed by atoms with Gasteiger partial charge in [0, 0.05) is 17.6 Å². The van der Waals surface area contributed by atoms with Crippen molar-refractivity contribution in [2.45, 2.75) is 58.1 Å². The van der Waals surface area contributed by atoms with Crippen LogP contribution in [0.2, 0.25) is 0 Å². The van der Waals surface area contributed by atoms with Gasteiger partial charge in [-0.3, -0.25) is 9.59 Å². The van der Waals surface area contributed by atoms with Gasteiger partial charge in [0.2, 0.25) is 11.8 Å². The Hall–Kier alpha value is -1.89. The minimum atomic E-state index is -0.741. The van der Waals surface area contributed by atoms with E-state index >= 15 is 0 Å². The topological polar surface area (TPSA) is 66.9 Å². The number of carbonyl (C=O) groups is 3. The highest BCUT2D eigenvalue weighted by atomic mass is 79.9. The standard InChI is InChI=1S/C21H27BrN2O4/c1-21(2,3)28-20(27)17-10-6-7-12-23(17)18(25)14-11-13-24(19(14)26)16-9-5-4-8-15(16)22/h4-5,8-9,14,17H,6-7,10-13H2,1-3H3. The maximum Gasteiger partial charge on any atom is 0.329 e. The van der Waals surface area contributed by atoms with Gasteiger partial charge >= 0.3 is 5.97 Å². The number of carbonyl (C=O) groups excluding carboxylic acids is 3. The van der Waals surface area contributed by atoms with E-state index in [1.807, 2.05) is 45.0 Å². The molecule has 2 heterocycles. The maximum atomic E-state index is 13.2. The van der Waals surface area contributed by atoms with E-state index in [0.717, 1.165) is 23.0 Å². The Morgan fingerprint density at radius 3 is 2.50 bits per heavy atom. The number of anilines is 1. The quantitative estimate of drug-likeness (QED) is 0.521. The average Bonchev–Trinajstić information content (AvgIpc) is 3.01. The van der Waals surface area contributed by atoms with E-state index in [1.165, 1.54) is 0 Å². The monoisotopic (exact) mass is 450 g/mol.